The first kappa shape index (κ1) is 8.20. The van der Waals surface area contributed by atoms with Gasteiger partial charge in [0.1, 0.15) is 16.8 Å². The molecule has 0 radical (unpaired) electrons. The van der Waals surface area contributed by atoms with Crippen molar-refractivity contribution < 1.29 is 4.21 Å². The third-order valence-corrected chi connectivity index (χ3v) is 1.66. The van der Waals surface area contributed by atoms with Gasteiger partial charge in [0.05, 0.1) is 0 Å². The van der Waals surface area contributed by atoms with E-state index in [0.717, 1.165) is 5.56 Å². The van der Waals surface area contributed by atoms with Crippen molar-refractivity contribution in [3.8, 4) is 0 Å². The summed E-state index contributed by atoms with van der Waals surface area (Å²) in [4.78, 5) is 4.01. The number of anilines is 1. The molecule has 1 aromatic rings. The van der Waals surface area contributed by atoms with Crippen LogP contribution in [0.25, 0.3) is 0 Å². The van der Waals surface area contributed by atoms with Crippen molar-refractivity contribution in [3.05, 3.63) is 23.9 Å². The highest BCUT2D eigenvalue weighted by Gasteiger charge is 1.92. The Morgan fingerprint density at radius 3 is 2.73 bits per heavy atom. The first-order valence-corrected chi connectivity index (χ1v) is 4.77. The number of rotatable bonds is 2. The van der Waals surface area contributed by atoms with Gasteiger partial charge in [0.2, 0.25) is 0 Å². The van der Waals surface area contributed by atoms with Gasteiger partial charge in [0.25, 0.3) is 0 Å². The molecule has 0 aliphatic heterocycles. The fourth-order valence-electron chi connectivity index (χ4n) is 0.675. The second kappa shape index (κ2) is 3.48. The number of pyridine rings is 1. The molecule has 60 valence electrons. The van der Waals surface area contributed by atoms with Crippen LogP contribution in [0, 0.1) is 6.92 Å². The highest BCUT2D eigenvalue weighted by Crippen LogP contribution is 2.03. The van der Waals surface area contributed by atoms with Gasteiger partial charge in [-0.2, -0.15) is 0 Å². The SMILES string of the molecule is Cc1ccc(NS(C)=O)nc1. The van der Waals surface area contributed by atoms with Gasteiger partial charge in [-0.15, -0.1) is 0 Å². The van der Waals surface area contributed by atoms with Crippen molar-refractivity contribution in [2.24, 2.45) is 0 Å². The van der Waals surface area contributed by atoms with E-state index < -0.39 is 11.0 Å². The second-order valence-electron chi connectivity index (χ2n) is 2.28. The van der Waals surface area contributed by atoms with Crippen LogP contribution >= 0.6 is 0 Å². The van der Waals surface area contributed by atoms with Gasteiger partial charge < -0.3 is 0 Å². The summed E-state index contributed by atoms with van der Waals surface area (Å²) >= 11 is 0. The van der Waals surface area contributed by atoms with Crippen LogP contribution in [0.15, 0.2) is 18.3 Å². The molecule has 4 heteroatoms. The van der Waals surface area contributed by atoms with Crippen LogP contribution in [0.5, 0.6) is 0 Å². The van der Waals surface area contributed by atoms with Gasteiger partial charge >= 0.3 is 0 Å². The van der Waals surface area contributed by atoms with Gasteiger partial charge in [-0.05, 0) is 18.6 Å². The van der Waals surface area contributed by atoms with Crippen molar-refractivity contribution in [3.63, 3.8) is 0 Å². The normalized spacial score (nSPS) is 12.5. The van der Waals surface area contributed by atoms with Crippen molar-refractivity contribution in [2.75, 3.05) is 11.0 Å². The van der Waals surface area contributed by atoms with Crippen LogP contribution in [0.2, 0.25) is 0 Å². The summed E-state index contributed by atoms with van der Waals surface area (Å²) in [5, 5.41) is 0. The van der Waals surface area contributed by atoms with Gasteiger partial charge in [-0.25, -0.2) is 9.19 Å². The molecular weight excluding hydrogens is 160 g/mol. The summed E-state index contributed by atoms with van der Waals surface area (Å²) in [7, 11) is -1.04. The Balaban J connectivity index is 2.74. The standard InChI is InChI=1S/C7H10N2OS/c1-6-3-4-7(8-5-6)9-11(2)10/h3-5H,1-2H3,(H,8,9). The minimum Gasteiger partial charge on any atom is -0.290 e. The Hall–Kier alpha value is -0.900. The molecule has 1 rings (SSSR count). The predicted octanol–water partition coefficient (Wildman–Crippen LogP) is 1.10. The monoisotopic (exact) mass is 170 g/mol. The Labute approximate surface area is 68.4 Å². The molecule has 0 saturated heterocycles. The average Bonchev–Trinajstić information content (AvgIpc) is 1.93. The lowest BCUT2D eigenvalue weighted by Crippen LogP contribution is -2.02. The zero-order valence-corrected chi connectivity index (χ0v) is 7.31. The molecule has 1 aromatic heterocycles. The third kappa shape index (κ3) is 2.67. The fourth-order valence-corrected chi connectivity index (χ4v) is 1.09. The lowest BCUT2D eigenvalue weighted by Gasteiger charge is -1.99. The lowest BCUT2D eigenvalue weighted by molar-refractivity contribution is 0.689. The molecule has 0 aromatic carbocycles. The minimum atomic E-state index is -1.04. The summed E-state index contributed by atoms with van der Waals surface area (Å²) in [6.45, 7) is 1.96. The highest BCUT2D eigenvalue weighted by molar-refractivity contribution is 7.85. The van der Waals surface area contributed by atoms with E-state index in [2.05, 4.69) is 9.71 Å². The molecule has 0 spiro atoms. The van der Waals surface area contributed by atoms with E-state index >= 15 is 0 Å². The smallest absolute Gasteiger partial charge is 0.137 e. The molecule has 0 aliphatic rings. The first-order chi connectivity index (χ1) is 5.18. The van der Waals surface area contributed by atoms with Crippen molar-refractivity contribution in [1.82, 2.24) is 4.98 Å². The largest absolute Gasteiger partial charge is 0.290 e. The number of aryl methyl sites for hydroxylation is 1. The molecular formula is C7H10N2OS. The van der Waals surface area contributed by atoms with E-state index in [1.165, 1.54) is 0 Å². The van der Waals surface area contributed by atoms with Crippen LogP contribution in [-0.4, -0.2) is 15.4 Å². The van der Waals surface area contributed by atoms with Gasteiger partial charge in [0.15, 0.2) is 0 Å². The molecule has 1 heterocycles. The van der Waals surface area contributed by atoms with E-state index in [9.17, 15) is 4.21 Å². The maximum absolute atomic E-state index is 10.7. The summed E-state index contributed by atoms with van der Waals surface area (Å²) in [5.74, 6) is 0.649. The molecule has 3 nitrogen and oxygen atoms in total. The maximum atomic E-state index is 10.7. The van der Waals surface area contributed by atoms with Gasteiger partial charge in [-0.1, -0.05) is 6.07 Å². The Morgan fingerprint density at radius 2 is 2.27 bits per heavy atom. The number of nitrogens with zero attached hydrogens (tertiary/aromatic N) is 1. The Bertz CT molecular complexity index is 258. The first-order valence-electron chi connectivity index (χ1n) is 3.21. The third-order valence-electron chi connectivity index (χ3n) is 1.16. The van der Waals surface area contributed by atoms with E-state index in [1.54, 1.807) is 18.5 Å². The Kier molecular flexibility index (Phi) is 2.59. The molecule has 0 saturated carbocycles. The summed E-state index contributed by atoms with van der Waals surface area (Å²) in [6.07, 6.45) is 3.30. The zero-order valence-electron chi connectivity index (χ0n) is 6.50. The van der Waals surface area contributed by atoms with E-state index in [1.807, 2.05) is 13.0 Å². The Morgan fingerprint density at radius 1 is 1.55 bits per heavy atom. The van der Waals surface area contributed by atoms with Crippen LogP contribution in [-0.2, 0) is 11.0 Å². The number of aromatic nitrogens is 1. The van der Waals surface area contributed by atoms with Crippen molar-refractivity contribution in [1.29, 1.82) is 0 Å². The molecule has 0 fully saturated rings. The minimum absolute atomic E-state index is 0.649. The predicted molar refractivity (Wildman–Crippen MR) is 46.7 cm³/mol. The van der Waals surface area contributed by atoms with Crippen LogP contribution in [0.4, 0.5) is 5.82 Å². The second-order valence-corrected chi connectivity index (χ2v) is 3.39. The van der Waals surface area contributed by atoms with E-state index in [-0.39, 0.29) is 0 Å². The molecule has 11 heavy (non-hydrogen) atoms. The maximum Gasteiger partial charge on any atom is 0.137 e. The van der Waals surface area contributed by atoms with Crippen molar-refractivity contribution >= 4 is 16.8 Å². The molecule has 1 N–H and O–H groups in total. The highest BCUT2D eigenvalue weighted by atomic mass is 32.2. The average molecular weight is 170 g/mol. The fraction of sp³-hybridized carbons (Fsp3) is 0.286. The number of hydrogen-bond donors (Lipinski definition) is 1. The quantitative estimate of drug-likeness (QED) is 0.722. The van der Waals surface area contributed by atoms with Crippen molar-refractivity contribution in [2.45, 2.75) is 6.92 Å². The van der Waals surface area contributed by atoms with E-state index in [0.29, 0.717) is 5.82 Å². The molecule has 0 bridgehead atoms. The molecule has 0 amide bonds. The van der Waals surface area contributed by atoms with Crippen LogP contribution in [0.3, 0.4) is 0 Å². The van der Waals surface area contributed by atoms with Gasteiger partial charge in [-0.3, -0.25) is 4.72 Å². The zero-order chi connectivity index (χ0) is 8.27. The molecule has 1 unspecified atom stereocenters. The summed E-state index contributed by atoms with van der Waals surface area (Å²) < 4.78 is 13.4. The molecule has 0 aliphatic carbocycles. The van der Waals surface area contributed by atoms with Crippen LogP contribution < -0.4 is 4.72 Å². The lowest BCUT2D eigenvalue weighted by atomic mass is 10.3. The van der Waals surface area contributed by atoms with Crippen LogP contribution in [0.1, 0.15) is 5.56 Å². The number of hydrogen-bond acceptors (Lipinski definition) is 2. The topological polar surface area (TPSA) is 42.0 Å². The molecule has 1 atom stereocenters. The summed E-state index contributed by atoms with van der Waals surface area (Å²) in [5.41, 5.74) is 1.09. The number of nitrogens with one attached hydrogen (secondary N) is 1. The summed E-state index contributed by atoms with van der Waals surface area (Å²) in [6, 6.07) is 3.72. The van der Waals surface area contributed by atoms with E-state index in [4.69, 9.17) is 0 Å². The van der Waals surface area contributed by atoms with Gasteiger partial charge in [0, 0.05) is 12.5 Å².